The molecular formula is C40H56BN3. The zero-order valence-corrected chi connectivity index (χ0v) is 29.4. The molecule has 0 unspecified atom stereocenters. The summed E-state index contributed by atoms with van der Waals surface area (Å²) in [6.45, 7) is 27.4. The van der Waals surface area contributed by atoms with Crippen molar-refractivity contribution in [3.8, 4) is 0 Å². The summed E-state index contributed by atoms with van der Waals surface area (Å²) in [5.74, 6) is 1.73. The van der Waals surface area contributed by atoms with Crippen LogP contribution in [-0.4, -0.2) is 34.2 Å². The van der Waals surface area contributed by atoms with Crippen LogP contribution in [0.3, 0.4) is 0 Å². The summed E-state index contributed by atoms with van der Waals surface area (Å²) in [7, 11) is 4.21. The third-order valence-electron chi connectivity index (χ3n) is 9.38. The van der Waals surface area contributed by atoms with Gasteiger partial charge in [0, 0.05) is 44.2 Å². The molecule has 0 aliphatic carbocycles. The molecule has 0 amide bonds. The maximum Gasteiger partial charge on any atom is 0.407 e. The van der Waals surface area contributed by atoms with Crippen LogP contribution in [0.5, 0.6) is 0 Å². The number of hydrogen-bond acceptors (Lipinski definition) is 3. The molecule has 0 N–H and O–H groups in total. The van der Waals surface area contributed by atoms with Crippen molar-refractivity contribution in [2.45, 2.75) is 92.4 Å². The maximum atomic E-state index is 4.21. The highest BCUT2D eigenvalue weighted by Crippen LogP contribution is 2.44. The minimum absolute atomic E-state index is 0.0910. The number of allylic oxidation sites excluding steroid dienone is 3. The largest absolute Gasteiger partial charge is 0.407 e. The van der Waals surface area contributed by atoms with Gasteiger partial charge in [0.25, 0.3) is 0 Å². The zero-order chi connectivity index (χ0) is 32.3. The zero-order valence-electron chi connectivity index (χ0n) is 29.4. The van der Waals surface area contributed by atoms with E-state index in [9.17, 15) is 0 Å². The second-order valence-electron chi connectivity index (χ2n) is 14.0. The number of benzene rings is 3. The van der Waals surface area contributed by atoms with E-state index in [0.29, 0.717) is 23.7 Å². The number of para-hydroxylation sites is 2. The Hall–Kier alpha value is -3.40. The van der Waals surface area contributed by atoms with Crippen LogP contribution in [0.2, 0.25) is 0 Å². The van der Waals surface area contributed by atoms with E-state index in [-0.39, 0.29) is 6.98 Å². The molecule has 3 aromatic carbocycles. The SMILES string of the molecule is C=CC/C(=C(/C)B1N(c2c(C(C)C)cccc2C(C)C)CCN1c1c(C(C)C)cccc1C(C)C)c1ccc(N(C)C)cc1. The van der Waals surface area contributed by atoms with Crippen molar-refractivity contribution in [3.63, 3.8) is 0 Å². The Labute approximate surface area is 269 Å². The van der Waals surface area contributed by atoms with Crippen LogP contribution in [0.25, 0.3) is 5.57 Å². The van der Waals surface area contributed by atoms with E-state index in [1.807, 2.05) is 0 Å². The van der Waals surface area contributed by atoms with E-state index >= 15 is 0 Å². The number of rotatable bonds is 11. The fourth-order valence-electron chi connectivity index (χ4n) is 7.02. The molecule has 0 atom stereocenters. The van der Waals surface area contributed by atoms with Gasteiger partial charge in [-0.2, -0.15) is 0 Å². The maximum absolute atomic E-state index is 4.21. The van der Waals surface area contributed by atoms with Crippen molar-refractivity contribution in [2.75, 3.05) is 41.7 Å². The lowest BCUT2D eigenvalue weighted by Crippen LogP contribution is -2.47. The lowest BCUT2D eigenvalue weighted by molar-refractivity contribution is 0.821. The Morgan fingerprint density at radius 3 is 1.41 bits per heavy atom. The first-order valence-electron chi connectivity index (χ1n) is 16.8. The average molecular weight is 590 g/mol. The highest BCUT2D eigenvalue weighted by molar-refractivity contribution is 6.76. The Morgan fingerprint density at radius 2 is 1.09 bits per heavy atom. The quantitative estimate of drug-likeness (QED) is 0.163. The molecule has 1 saturated heterocycles. The summed E-state index contributed by atoms with van der Waals surface area (Å²) in [4.78, 5) is 7.66. The molecule has 1 heterocycles. The summed E-state index contributed by atoms with van der Waals surface area (Å²) < 4.78 is 0. The van der Waals surface area contributed by atoms with Gasteiger partial charge in [-0.1, -0.05) is 115 Å². The fraction of sp³-hybridized carbons (Fsp3) is 0.450. The molecule has 0 radical (unpaired) electrons. The van der Waals surface area contributed by atoms with Crippen molar-refractivity contribution >= 4 is 29.6 Å². The molecule has 0 spiro atoms. The van der Waals surface area contributed by atoms with Gasteiger partial charge in [0.2, 0.25) is 0 Å². The van der Waals surface area contributed by atoms with Crippen molar-refractivity contribution in [1.29, 1.82) is 0 Å². The van der Waals surface area contributed by atoms with E-state index in [1.165, 1.54) is 55.9 Å². The van der Waals surface area contributed by atoms with Crippen molar-refractivity contribution < 1.29 is 0 Å². The van der Waals surface area contributed by atoms with Crippen LogP contribution < -0.4 is 14.5 Å². The molecule has 44 heavy (non-hydrogen) atoms. The van der Waals surface area contributed by atoms with Crippen LogP contribution in [-0.2, 0) is 0 Å². The van der Waals surface area contributed by atoms with Crippen molar-refractivity contribution in [1.82, 2.24) is 0 Å². The van der Waals surface area contributed by atoms with Gasteiger partial charge in [-0.3, -0.25) is 0 Å². The standard InChI is InChI=1S/C40H56BN3/c1-13-16-38(32-21-23-33(24-22-32)42(11)12)31(10)41-43(39-34(27(2)3)17-14-18-35(39)28(4)5)25-26-44(41)40-36(29(6)7)19-15-20-37(40)30(8)9/h13-15,17-24,27-30H,1,16,25-26H2,2-12H3/b38-31+. The van der Waals surface area contributed by atoms with E-state index in [0.717, 1.165) is 19.5 Å². The van der Waals surface area contributed by atoms with Crippen LogP contribution in [0, 0.1) is 0 Å². The van der Waals surface area contributed by atoms with Crippen molar-refractivity contribution in [3.05, 3.63) is 107 Å². The number of hydrogen-bond donors (Lipinski definition) is 0. The first kappa shape index (κ1) is 33.5. The van der Waals surface area contributed by atoms with Gasteiger partial charge in [0.15, 0.2) is 0 Å². The molecule has 3 aromatic rings. The predicted molar refractivity (Wildman–Crippen MR) is 198 cm³/mol. The molecule has 1 aliphatic rings. The Balaban J connectivity index is 2.05. The third-order valence-corrected chi connectivity index (χ3v) is 9.38. The summed E-state index contributed by atoms with van der Waals surface area (Å²) in [5, 5.41) is 0. The van der Waals surface area contributed by atoms with E-state index in [4.69, 9.17) is 0 Å². The smallest absolute Gasteiger partial charge is 0.390 e. The number of anilines is 3. The van der Waals surface area contributed by atoms with Gasteiger partial charge >= 0.3 is 6.98 Å². The third kappa shape index (κ3) is 6.65. The van der Waals surface area contributed by atoms with Gasteiger partial charge in [-0.25, -0.2) is 0 Å². The first-order chi connectivity index (χ1) is 20.9. The Kier molecular flexibility index (Phi) is 10.8. The summed E-state index contributed by atoms with van der Waals surface area (Å²) in [6, 6.07) is 23.0. The Morgan fingerprint density at radius 1 is 0.705 bits per heavy atom. The van der Waals surface area contributed by atoms with Gasteiger partial charge in [0.05, 0.1) is 0 Å². The minimum atomic E-state index is 0.0910. The summed E-state index contributed by atoms with van der Waals surface area (Å²) >= 11 is 0. The first-order valence-corrected chi connectivity index (χ1v) is 16.8. The topological polar surface area (TPSA) is 9.72 Å². The molecule has 4 heteroatoms. The van der Waals surface area contributed by atoms with Crippen LogP contribution >= 0.6 is 0 Å². The molecule has 1 fully saturated rings. The lowest BCUT2D eigenvalue weighted by atomic mass is 9.61. The second kappa shape index (κ2) is 14.1. The molecule has 4 rings (SSSR count). The molecule has 1 aliphatic heterocycles. The highest BCUT2D eigenvalue weighted by atomic mass is 15.3. The lowest BCUT2D eigenvalue weighted by Gasteiger charge is -2.37. The molecule has 234 valence electrons. The van der Waals surface area contributed by atoms with Gasteiger partial charge in [-0.05, 0) is 82.5 Å². The van der Waals surface area contributed by atoms with Crippen LogP contribution in [0.1, 0.15) is 120 Å². The van der Waals surface area contributed by atoms with E-state index in [1.54, 1.807) is 0 Å². The van der Waals surface area contributed by atoms with Crippen LogP contribution in [0.15, 0.2) is 78.8 Å². The van der Waals surface area contributed by atoms with E-state index in [2.05, 4.69) is 164 Å². The summed E-state index contributed by atoms with van der Waals surface area (Å²) in [6.07, 6.45) is 2.91. The highest BCUT2D eigenvalue weighted by Gasteiger charge is 2.43. The van der Waals surface area contributed by atoms with Gasteiger partial charge in [-0.15, -0.1) is 6.58 Å². The molecule has 0 bridgehead atoms. The molecule has 3 nitrogen and oxygen atoms in total. The monoisotopic (exact) mass is 589 g/mol. The molecule has 0 saturated carbocycles. The minimum Gasteiger partial charge on any atom is -0.390 e. The molecule has 0 aromatic heterocycles. The number of nitrogens with zero attached hydrogens (tertiary/aromatic N) is 3. The van der Waals surface area contributed by atoms with Gasteiger partial charge < -0.3 is 14.5 Å². The second-order valence-corrected chi connectivity index (χ2v) is 14.0. The fourth-order valence-corrected chi connectivity index (χ4v) is 7.02. The van der Waals surface area contributed by atoms with Crippen molar-refractivity contribution in [2.24, 2.45) is 0 Å². The molecular weight excluding hydrogens is 533 g/mol. The average Bonchev–Trinajstić information content (AvgIpc) is 3.43. The normalized spacial score (nSPS) is 14.4. The Bertz CT molecular complexity index is 1340. The summed E-state index contributed by atoms with van der Waals surface area (Å²) in [5.41, 5.74) is 13.9. The van der Waals surface area contributed by atoms with Crippen LogP contribution in [0.4, 0.5) is 17.1 Å². The predicted octanol–water partition coefficient (Wildman–Crippen LogP) is 10.6. The van der Waals surface area contributed by atoms with Gasteiger partial charge in [0.1, 0.15) is 0 Å². The van der Waals surface area contributed by atoms with E-state index < -0.39 is 0 Å².